The molecule has 2 aliphatic heterocycles. The van der Waals surface area contributed by atoms with Crippen LogP contribution in [0, 0.1) is 0 Å². The number of fused-ring (bicyclic) bond motifs is 1. The van der Waals surface area contributed by atoms with Gasteiger partial charge in [-0.3, -0.25) is 0 Å². The van der Waals surface area contributed by atoms with Gasteiger partial charge < -0.3 is 27.5 Å². The van der Waals surface area contributed by atoms with Crippen molar-refractivity contribution in [2.45, 2.75) is 11.5 Å². The number of hydrogen-bond acceptors (Lipinski definition) is 7. The van der Waals surface area contributed by atoms with Crippen molar-refractivity contribution in [1.29, 1.82) is 0 Å². The average molecular weight is 338 g/mol. The van der Waals surface area contributed by atoms with Crippen LogP contribution in [0.4, 0.5) is 11.4 Å². The first kappa shape index (κ1) is 13.2. The first-order chi connectivity index (χ1) is 9.69. The number of rotatable bonds is 3. The minimum Gasteiger partial charge on any atom is -0.398 e. The number of nitrogens with zero attached hydrogens (tertiary/aromatic N) is 1. The molecule has 2 aliphatic rings. The van der Waals surface area contributed by atoms with E-state index in [0.29, 0.717) is 18.9 Å². The Morgan fingerprint density at radius 3 is 3.10 bits per heavy atom. The molecule has 1 atom stereocenters. The minimum absolute atomic E-state index is 0.000638. The number of benzene rings is 1. The normalized spacial score (nSPS) is 20.9. The minimum atomic E-state index is -0.000638. The summed E-state index contributed by atoms with van der Waals surface area (Å²) in [6, 6.07) is 5.73. The van der Waals surface area contributed by atoms with Crippen molar-refractivity contribution in [3.63, 3.8) is 0 Å². The van der Waals surface area contributed by atoms with E-state index >= 15 is 0 Å². The highest BCUT2D eigenvalue weighted by molar-refractivity contribution is 9.09. The Bertz CT molecular complexity index is 595. The maximum atomic E-state index is 5.86. The third-order valence-corrected chi connectivity index (χ3v) is 3.91. The zero-order chi connectivity index (χ0) is 14.1. The summed E-state index contributed by atoms with van der Waals surface area (Å²) in [5, 5.41) is 6.58. The van der Waals surface area contributed by atoms with Crippen LogP contribution >= 0.6 is 15.9 Å². The lowest BCUT2D eigenvalue weighted by atomic mass is 10.1. The van der Waals surface area contributed by atoms with Gasteiger partial charge in [-0.15, -0.1) is 0 Å². The van der Waals surface area contributed by atoms with Crippen molar-refractivity contribution < 1.29 is 0 Å². The molecular formula is C12H16BrN7. The van der Waals surface area contributed by atoms with E-state index in [2.05, 4.69) is 42.4 Å². The standard InChI is InChI=1S/C12H16BrN7/c13-10-9-11(16-5-17-12(9)20-19-10)18-7-1-2-8(15)6(3-7)4-14/h1-3,10,16,18-19H,4-5,14-15H2,(H,17,20). The van der Waals surface area contributed by atoms with Crippen molar-refractivity contribution in [3.05, 3.63) is 35.2 Å². The van der Waals surface area contributed by atoms with Gasteiger partial charge in [-0.1, -0.05) is 15.9 Å². The van der Waals surface area contributed by atoms with Crippen LogP contribution in [-0.2, 0) is 6.54 Å². The van der Waals surface area contributed by atoms with Gasteiger partial charge in [0.25, 0.3) is 0 Å². The summed E-state index contributed by atoms with van der Waals surface area (Å²) in [5.41, 5.74) is 21.2. The van der Waals surface area contributed by atoms with Crippen molar-refractivity contribution in [3.8, 4) is 0 Å². The van der Waals surface area contributed by atoms with E-state index in [1.54, 1.807) is 0 Å². The van der Waals surface area contributed by atoms with E-state index in [9.17, 15) is 0 Å². The molecule has 1 fully saturated rings. The first-order valence-electron chi connectivity index (χ1n) is 6.23. The van der Waals surface area contributed by atoms with Crippen LogP contribution in [0.25, 0.3) is 0 Å². The van der Waals surface area contributed by atoms with Gasteiger partial charge in [0.15, 0.2) is 0 Å². The van der Waals surface area contributed by atoms with Crippen molar-refractivity contribution in [2.24, 2.45) is 10.7 Å². The van der Waals surface area contributed by atoms with Crippen molar-refractivity contribution >= 4 is 33.1 Å². The number of nitrogens with two attached hydrogens (primary N) is 2. The molecule has 1 unspecified atom stereocenters. The van der Waals surface area contributed by atoms with Crippen molar-refractivity contribution in [1.82, 2.24) is 16.2 Å². The Kier molecular flexibility index (Phi) is 3.51. The zero-order valence-electron chi connectivity index (χ0n) is 10.7. The van der Waals surface area contributed by atoms with Gasteiger partial charge in [0.05, 0.1) is 5.57 Å². The summed E-state index contributed by atoms with van der Waals surface area (Å²) >= 11 is 3.54. The molecule has 1 saturated heterocycles. The highest BCUT2D eigenvalue weighted by atomic mass is 79.9. The zero-order valence-corrected chi connectivity index (χ0v) is 12.3. The molecule has 2 heterocycles. The van der Waals surface area contributed by atoms with Crippen LogP contribution in [0.2, 0.25) is 0 Å². The van der Waals surface area contributed by atoms with E-state index in [1.165, 1.54) is 0 Å². The molecule has 1 aromatic rings. The van der Waals surface area contributed by atoms with Crippen molar-refractivity contribution in [2.75, 3.05) is 17.7 Å². The average Bonchev–Trinajstić information content (AvgIpc) is 2.84. The maximum absolute atomic E-state index is 5.86. The number of hydrogen-bond donors (Lipinski definition) is 6. The Hall–Kier alpha value is -1.77. The third-order valence-electron chi connectivity index (χ3n) is 3.22. The molecule has 0 bridgehead atoms. The molecule has 0 aliphatic carbocycles. The van der Waals surface area contributed by atoms with Gasteiger partial charge >= 0.3 is 0 Å². The fourth-order valence-corrected chi connectivity index (χ4v) is 2.73. The van der Waals surface area contributed by atoms with Crippen LogP contribution in [0.15, 0.2) is 34.6 Å². The molecule has 0 amide bonds. The number of nitrogen functional groups attached to an aromatic ring is 1. The molecule has 0 saturated carbocycles. The Labute approximate surface area is 125 Å². The number of nitrogens with one attached hydrogen (secondary N) is 4. The molecule has 106 valence electrons. The van der Waals surface area contributed by atoms with E-state index in [1.807, 2.05) is 18.2 Å². The van der Waals surface area contributed by atoms with Crippen LogP contribution in [0.5, 0.6) is 0 Å². The van der Waals surface area contributed by atoms with Gasteiger partial charge in [0.2, 0.25) is 0 Å². The predicted molar refractivity (Wildman–Crippen MR) is 83.8 cm³/mol. The second kappa shape index (κ2) is 5.31. The molecule has 0 aromatic heterocycles. The van der Waals surface area contributed by atoms with Crippen LogP contribution in [-0.4, -0.2) is 17.5 Å². The van der Waals surface area contributed by atoms with Gasteiger partial charge in [0, 0.05) is 17.9 Å². The summed E-state index contributed by atoms with van der Waals surface area (Å²) in [7, 11) is 0. The SMILES string of the molecule is NCc1cc(NC2=C3C(=NCN2)NNC3Br)ccc1N. The summed E-state index contributed by atoms with van der Waals surface area (Å²) in [4.78, 5) is 4.34. The lowest BCUT2D eigenvalue weighted by Gasteiger charge is -2.20. The Morgan fingerprint density at radius 1 is 1.45 bits per heavy atom. The number of hydrazine groups is 1. The van der Waals surface area contributed by atoms with Gasteiger partial charge in [-0.2, -0.15) is 0 Å². The number of amidine groups is 1. The fraction of sp³-hybridized carbons (Fsp3) is 0.250. The van der Waals surface area contributed by atoms with E-state index in [4.69, 9.17) is 11.5 Å². The lowest BCUT2D eigenvalue weighted by molar-refractivity contribution is 0.735. The van der Waals surface area contributed by atoms with Crippen LogP contribution in [0.1, 0.15) is 5.56 Å². The summed E-state index contributed by atoms with van der Waals surface area (Å²) < 4.78 is 0. The number of anilines is 2. The predicted octanol–water partition coefficient (Wildman–Crippen LogP) is 0.139. The summed E-state index contributed by atoms with van der Waals surface area (Å²) in [6.07, 6.45) is 0. The first-order valence-corrected chi connectivity index (χ1v) is 7.14. The molecule has 8 N–H and O–H groups in total. The highest BCUT2D eigenvalue weighted by Gasteiger charge is 2.29. The summed E-state index contributed by atoms with van der Waals surface area (Å²) in [6.45, 7) is 0.936. The molecule has 20 heavy (non-hydrogen) atoms. The molecule has 8 heteroatoms. The van der Waals surface area contributed by atoms with Crippen LogP contribution < -0.4 is 33.0 Å². The van der Waals surface area contributed by atoms with E-state index in [-0.39, 0.29) is 4.95 Å². The van der Waals surface area contributed by atoms with Gasteiger partial charge in [-0.25, -0.2) is 10.4 Å². The quantitative estimate of drug-likeness (QED) is 0.266. The number of aliphatic imine (C=N–C) groups is 1. The molecular weight excluding hydrogens is 322 g/mol. The lowest BCUT2D eigenvalue weighted by Crippen LogP contribution is -2.32. The monoisotopic (exact) mass is 337 g/mol. The van der Waals surface area contributed by atoms with Crippen LogP contribution in [0.3, 0.4) is 0 Å². The second-order valence-electron chi connectivity index (χ2n) is 4.50. The molecule has 3 rings (SSSR count). The second-order valence-corrected chi connectivity index (χ2v) is 5.42. The third kappa shape index (κ3) is 2.33. The van der Waals surface area contributed by atoms with Gasteiger partial charge in [0.1, 0.15) is 23.3 Å². The van der Waals surface area contributed by atoms with Gasteiger partial charge in [-0.05, 0) is 23.8 Å². The topological polar surface area (TPSA) is 113 Å². The highest BCUT2D eigenvalue weighted by Crippen LogP contribution is 2.23. The molecule has 1 aromatic carbocycles. The van der Waals surface area contributed by atoms with E-state index < -0.39 is 0 Å². The molecule has 7 nitrogen and oxygen atoms in total. The van der Waals surface area contributed by atoms with E-state index in [0.717, 1.165) is 28.5 Å². The summed E-state index contributed by atoms with van der Waals surface area (Å²) in [5.74, 6) is 1.74. The Balaban J connectivity index is 1.90. The fourth-order valence-electron chi connectivity index (χ4n) is 2.17. The number of halogens is 1. The number of alkyl halides is 1. The smallest absolute Gasteiger partial charge is 0.146 e. The molecule has 0 spiro atoms. The Morgan fingerprint density at radius 2 is 2.30 bits per heavy atom. The molecule has 0 radical (unpaired) electrons. The largest absolute Gasteiger partial charge is 0.398 e. The maximum Gasteiger partial charge on any atom is 0.146 e.